The van der Waals surface area contributed by atoms with Crippen LogP contribution in [0.5, 0.6) is 0 Å². The van der Waals surface area contributed by atoms with Crippen LogP contribution in [0.2, 0.25) is 0 Å². The van der Waals surface area contributed by atoms with Gasteiger partial charge < -0.3 is 15.2 Å². The Morgan fingerprint density at radius 2 is 2.27 bits per heavy atom. The van der Waals surface area contributed by atoms with Crippen LogP contribution in [0.3, 0.4) is 0 Å². The minimum atomic E-state index is -2.43. The largest absolute Gasteiger partial charge is 0.377 e. The molecule has 1 aliphatic heterocycles. The van der Waals surface area contributed by atoms with E-state index in [-0.39, 0.29) is 12.1 Å². The summed E-state index contributed by atoms with van der Waals surface area (Å²) in [6.07, 6.45) is -2.79. The van der Waals surface area contributed by atoms with Crippen LogP contribution < -0.4 is 5.73 Å². The SMILES string of the molecule is N[C@@H]1COC[C@@H]1OCC(F)F. The molecular weight excluding hydrogens is 156 g/mol. The zero-order valence-corrected chi connectivity index (χ0v) is 6.00. The van der Waals surface area contributed by atoms with Crippen molar-refractivity contribution in [3.05, 3.63) is 0 Å². The fraction of sp³-hybridized carbons (Fsp3) is 1.00. The first-order valence-electron chi connectivity index (χ1n) is 3.43. The van der Waals surface area contributed by atoms with E-state index in [2.05, 4.69) is 0 Å². The van der Waals surface area contributed by atoms with E-state index in [1.165, 1.54) is 0 Å². The molecule has 2 N–H and O–H groups in total. The molecule has 0 radical (unpaired) electrons. The fourth-order valence-corrected chi connectivity index (χ4v) is 0.919. The molecule has 1 heterocycles. The van der Waals surface area contributed by atoms with Gasteiger partial charge in [0.2, 0.25) is 0 Å². The second-order valence-electron chi connectivity index (χ2n) is 2.46. The average molecular weight is 167 g/mol. The smallest absolute Gasteiger partial charge is 0.261 e. The lowest BCUT2D eigenvalue weighted by Gasteiger charge is -2.13. The summed E-state index contributed by atoms with van der Waals surface area (Å²) < 4.78 is 32.9. The van der Waals surface area contributed by atoms with Crippen LogP contribution in [-0.2, 0) is 9.47 Å². The van der Waals surface area contributed by atoms with E-state index in [1.54, 1.807) is 0 Å². The van der Waals surface area contributed by atoms with Crippen LogP contribution in [0.4, 0.5) is 8.78 Å². The van der Waals surface area contributed by atoms with E-state index in [0.29, 0.717) is 13.2 Å². The summed E-state index contributed by atoms with van der Waals surface area (Å²) in [6.45, 7) is 0.170. The lowest BCUT2D eigenvalue weighted by atomic mass is 10.2. The third-order valence-electron chi connectivity index (χ3n) is 1.51. The van der Waals surface area contributed by atoms with Gasteiger partial charge in [-0.3, -0.25) is 0 Å². The van der Waals surface area contributed by atoms with Crippen molar-refractivity contribution >= 4 is 0 Å². The van der Waals surface area contributed by atoms with Gasteiger partial charge in [0.1, 0.15) is 6.61 Å². The van der Waals surface area contributed by atoms with Crippen molar-refractivity contribution in [1.82, 2.24) is 0 Å². The third kappa shape index (κ3) is 2.69. The molecule has 0 spiro atoms. The molecule has 0 aliphatic carbocycles. The summed E-state index contributed by atoms with van der Waals surface area (Å²) in [4.78, 5) is 0. The van der Waals surface area contributed by atoms with Gasteiger partial charge in [0.05, 0.1) is 25.4 Å². The van der Waals surface area contributed by atoms with Crippen molar-refractivity contribution in [2.45, 2.75) is 18.6 Å². The molecule has 1 rings (SSSR count). The highest BCUT2D eigenvalue weighted by atomic mass is 19.3. The van der Waals surface area contributed by atoms with Crippen molar-refractivity contribution < 1.29 is 18.3 Å². The summed E-state index contributed by atoms with van der Waals surface area (Å²) in [7, 11) is 0. The number of ether oxygens (including phenoxy) is 2. The minimum absolute atomic E-state index is 0.256. The summed E-state index contributed by atoms with van der Waals surface area (Å²) in [6, 6.07) is -0.256. The van der Waals surface area contributed by atoms with E-state index >= 15 is 0 Å². The first-order chi connectivity index (χ1) is 5.20. The van der Waals surface area contributed by atoms with Crippen molar-refractivity contribution in [2.75, 3.05) is 19.8 Å². The van der Waals surface area contributed by atoms with E-state index in [1.807, 2.05) is 0 Å². The number of nitrogens with two attached hydrogens (primary N) is 1. The molecule has 0 aromatic carbocycles. The van der Waals surface area contributed by atoms with Gasteiger partial charge in [0.15, 0.2) is 0 Å². The van der Waals surface area contributed by atoms with Crippen molar-refractivity contribution in [3.8, 4) is 0 Å². The Bertz CT molecular complexity index is 123. The zero-order valence-electron chi connectivity index (χ0n) is 6.00. The molecule has 0 saturated carbocycles. The molecule has 1 aliphatic rings. The standard InChI is InChI=1S/C6H11F2NO2/c7-6(8)3-11-5-2-10-1-4(5)9/h4-6H,1-3,9H2/t4-,5+/m1/s1. The maximum Gasteiger partial charge on any atom is 0.261 e. The number of rotatable bonds is 3. The van der Waals surface area contributed by atoms with Crippen LogP contribution in [0, 0.1) is 0 Å². The Morgan fingerprint density at radius 1 is 1.55 bits per heavy atom. The fourth-order valence-electron chi connectivity index (χ4n) is 0.919. The highest BCUT2D eigenvalue weighted by molar-refractivity contribution is 4.78. The number of hydrogen-bond acceptors (Lipinski definition) is 3. The molecule has 0 unspecified atom stereocenters. The van der Waals surface area contributed by atoms with Crippen LogP contribution in [0.1, 0.15) is 0 Å². The Kier molecular flexibility index (Phi) is 3.16. The topological polar surface area (TPSA) is 44.5 Å². The molecule has 1 saturated heterocycles. The van der Waals surface area contributed by atoms with Gasteiger partial charge in [-0.2, -0.15) is 0 Å². The molecular formula is C6H11F2NO2. The van der Waals surface area contributed by atoms with E-state index in [4.69, 9.17) is 15.2 Å². The number of alkyl halides is 2. The van der Waals surface area contributed by atoms with Crippen molar-refractivity contribution in [3.63, 3.8) is 0 Å². The van der Waals surface area contributed by atoms with Crippen LogP contribution in [0.15, 0.2) is 0 Å². The van der Waals surface area contributed by atoms with Gasteiger partial charge in [-0.15, -0.1) is 0 Å². The van der Waals surface area contributed by atoms with E-state index in [9.17, 15) is 8.78 Å². The molecule has 0 aromatic heterocycles. The second kappa shape index (κ2) is 3.94. The number of hydrogen-bond donors (Lipinski definition) is 1. The maximum atomic E-state index is 11.6. The van der Waals surface area contributed by atoms with Gasteiger partial charge >= 0.3 is 0 Å². The van der Waals surface area contributed by atoms with Gasteiger partial charge in [0.25, 0.3) is 6.43 Å². The first kappa shape index (κ1) is 8.83. The lowest BCUT2D eigenvalue weighted by Crippen LogP contribution is -2.36. The predicted molar refractivity (Wildman–Crippen MR) is 34.5 cm³/mol. The molecule has 2 atom stereocenters. The van der Waals surface area contributed by atoms with Gasteiger partial charge in [-0.25, -0.2) is 8.78 Å². The lowest BCUT2D eigenvalue weighted by molar-refractivity contribution is -0.0294. The maximum absolute atomic E-state index is 11.6. The number of halogens is 2. The second-order valence-corrected chi connectivity index (χ2v) is 2.46. The Hall–Kier alpha value is -0.260. The Balaban J connectivity index is 2.15. The molecule has 3 nitrogen and oxygen atoms in total. The quantitative estimate of drug-likeness (QED) is 0.643. The van der Waals surface area contributed by atoms with E-state index < -0.39 is 13.0 Å². The van der Waals surface area contributed by atoms with Crippen LogP contribution >= 0.6 is 0 Å². The summed E-state index contributed by atoms with van der Waals surface area (Å²) in [5, 5.41) is 0. The van der Waals surface area contributed by atoms with Crippen molar-refractivity contribution in [1.29, 1.82) is 0 Å². The van der Waals surface area contributed by atoms with Gasteiger partial charge in [-0.1, -0.05) is 0 Å². The Labute approximate surface area is 63.5 Å². The molecule has 1 fully saturated rings. The molecule has 0 bridgehead atoms. The third-order valence-corrected chi connectivity index (χ3v) is 1.51. The Morgan fingerprint density at radius 3 is 2.73 bits per heavy atom. The van der Waals surface area contributed by atoms with E-state index in [0.717, 1.165) is 0 Å². The first-order valence-corrected chi connectivity index (χ1v) is 3.43. The average Bonchev–Trinajstić information content (AvgIpc) is 2.31. The zero-order chi connectivity index (χ0) is 8.27. The molecule has 66 valence electrons. The minimum Gasteiger partial charge on any atom is -0.377 e. The van der Waals surface area contributed by atoms with Crippen molar-refractivity contribution in [2.24, 2.45) is 5.73 Å². The van der Waals surface area contributed by atoms with Crippen LogP contribution in [0.25, 0.3) is 0 Å². The monoisotopic (exact) mass is 167 g/mol. The van der Waals surface area contributed by atoms with Crippen LogP contribution in [-0.4, -0.2) is 38.4 Å². The molecule has 5 heteroatoms. The summed E-state index contributed by atoms with van der Waals surface area (Å²) >= 11 is 0. The molecule has 0 amide bonds. The predicted octanol–water partition coefficient (Wildman–Crippen LogP) is -0.00580. The van der Waals surface area contributed by atoms with Gasteiger partial charge in [-0.05, 0) is 0 Å². The molecule has 0 aromatic rings. The summed E-state index contributed by atoms with van der Waals surface area (Å²) in [5.74, 6) is 0. The normalized spacial score (nSPS) is 31.6. The molecule has 11 heavy (non-hydrogen) atoms. The highest BCUT2D eigenvalue weighted by Gasteiger charge is 2.26. The highest BCUT2D eigenvalue weighted by Crippen LogP contribution is 2.08. The van der Waals surface area contributed by atoms with Gasteiger partial charge in [0, 0.05) is 0 Å². The summed E-state index contributed by atoms with van der Waals surface area (Å²) in [5.41, 5.74) is 5.47.